The third-order valence-electron chi connectivity index (χ3n) is 3.70. The first-order valence-electron chi connectivity index (χ1n) is 7.19. The fraction of sp³-hybridized carbons (Fsp3) is 0.438. The van der Waals surface area contributed by atoms with Crippen molar-refractivity contribution in [1.82, 2.24) is 4.90 Å². The van der Waals surface area contributed by atoms with E-state index in [0.717, 1.165) is 5.56 Å². The summed E-state index contributed by atoms with van der Waals surface area (Å²) in [5.41, 5.74) is 0.976. The van der Waals surface area contributed by atoms with E-state index in [1.54, 1.807) is 11.1 Å². The molecule has 0 aromatic heterocycles. The van der Waals surface area contributed by atoms with Crippen molar-refractivity contribution in [2.24, 2.45) is 0 Å². The molecule has 1 aromatic rings. The van der Waals surface area contributed by atoms with E-state index in [0.29, 0.717) is 32.6 Å². The minimum Gasteiger partial charge on any atom is -0.444 e. The summed E-state index contributed by atoms with van der Waals surface area (Å²) in [4.78, 5) is 13.7. The molecule has 0 aliphatic carbocycles. The van der Waals surface area contributed by atoms with E-state index in [4.69, 9.17) is 14.2 Å². The molecule has 3 rings (SSSR count). The SMILES string of the molecule is O=C(OCc1ccccc1)N1C=CCC2(CC1)OCCO2. The van der Waals surface area contributed by atoms with Gasteiger partial charge in [-0.1, -0.05) is 36.4 Å². The molecule has 112 valence electrons. The molecule has 0 N–H and O–H groups in total. The van der Waals surface area contributed by atoms with Crippen molar-refractivity contribution >= 4 is 6.09 Å². The zero-order valence-electron chi connectivity index (χ0n) is 11.9. The van der Waals surface area contributed by atoms with Crippen molar-refractivity contribution in [1.29, 1.82) is 0 Å². The molecule has 0 atom stereocenters. The second kappa shape index (κ2) is 6.28. The van der Waals surface area contributed by atoms with Crippen LogP contribution in [0.1, 0.15) is 18.4 Å². The van der Waals surface area contributed by atoms with Crippen molar-refractivity contribution in [3.63, 3.8) is 0 Å². The highest BCUT2D eigenvalue weighted by Crippen LogP contribution is 2.30. The van der Waals surface area contributed by atoms with Crippen LogP contribution in [0.2, 0.25) is 0 Å². The Balaban J connectivity index is 1.53. The topological polar surface area (TPSA) is 48.0 Å². The molecular formula is C16H19NO4. The maximum Gasteiger partial charge on any atom is 0.414 e. The maximum atomic E-state index is 12.1. The molecule has 0 unspecified atom stereocenters. The summed E-state index contributed by atoms with van der Waals surface area (Å²) in [7, 11) is 0. The van der Waals surface area contributed by atoms with Crippen LogP contribution in [-0.2, 0) is 20.8 Å². The van der Waals surface area contributed by atoms with Gasteiger partial charge in [0.15, 0.2) is 5.79 Å². The number of hydrogen-bond acceptors (Lipinski definition) is 4. The van der Waals surface area contributed by atoms with Crippen LogP contribution in [0.4, 0.5) is 4.79 Å². The van der Waals surface area contributed by atoms with Crippen LogP contribution in [-0.4, -0.2) is 36.5 Å². The highest BCUT2D eigenvalue weighted by atomic mass is 16.7. The Labute approximate surface area is 124 Å². The van der Waals surface area contributed by atoms with E-state index in [9.17, 15) is 4.79 Å². The van der Waals surface area contributed by atoms with Crippen molar-refractivity contribution in [2.45, 2.75) is 25.2 Å². The van der Waals surface area contributed by atoms with Gasteiger partial charge in [0.25, 0.3) is 0 Å². The van der Waals surface area contributed by atoms with Gasteiger partial charge in [0.05, 0.1) is 13.2 Å². The number of nitrogens with zero attached hydrogens (tertiary/aromatic N) is 1. The quantitative estimate of drug-likeness (QED) is 0.840. The van der Waals surface area contributed by atoms with Crippen LogP contribution in [0.3, 0.4) is 0 Å². The summed E-state index contributed by atoms with van der Waals surface area (Å²) >= 11 is 0. The normalized spacial score (nSPS) is 20.5. The van der Waals surface area contributed by atoms with E-state index in [1.807, 2.05) is 36.4 Å². The lowest BCUT2D eigenvalue weighted by atomic mass is 10.1. The molecule has 1 spiro atoms. The second-order valence-corrected chi connectivity index (χ2v) is 5.18. The minimum absolute atomic E-state index is 0.280. The molecule has 1 saturated heterocycles. The van der Waals surface area contributed by atoms with E-state index in [1.165, 1.54) is 0 Å². The standard InChI is InChI=1S/C16H19NO4/c18-15(19-13-14-5-2-1-3-6-14)17-9-4-7-16(8-10-17)20-11-12-21-16/h1-6,9H,7-8,10-13H2. The first-order valence-corrected chi connectivity index (χ1v) is 7.19. The Kier molecular flexibility index (Phi) is 4.22. The molecule has 1 fully saturated rings. The third-order valence-corrected chi connectivity index (χ3v) is 3.70. The number of amides is 1. The van der Waals surface area contributed by atoms with Gasteiger partial charge in [0.2, 0.25) is 0 Å². The number of carbonyl (C=O) groups is 1. The van der Waals surface area contributed by atoms with Crippen molar-refractivity contribution in [2.75, 3.05) is 19.8 Å². The zero-order valence-corrected chi connectivity index (χ0v) is 11.9. The summed E-state index contributed by atoms with van der Waals surface area (Å²) in [6.07, 6.45) is 4.63. The lowest BCUT2D eigenvalue weighted by molar-refractivity contribution is -0.158. The van der Waals surface area contributed by atoms with Gasteiger partial charge in [-0.05, 0) is 5.56 Å². The Morgan fingerprint density at radius 1 is 1.24 bits per heavy atom. The molecule has 0 saturated carbocycles. The van der Waals surface area contributed by atoms with E-state index in [2.05, 4.69) is 0 Å². The molecular weight excluding hydrogens is 270 g/mol. The summed E-state index contributed by atoms with van der Waals surface area (Å²) < 4.78 is 16.7. The van der Waals surface area contributed by atoms with Gasteiger partial charge in [0.1, 0.15) is 6.61 Å². The lowest BCUT2D eigenvalue weighted by Gasteiger charge is -2.25. The molecule has 2 heterocycles. The van der Waals surface area contributed by atoms with Gasteiger partial charge in [0, 0.05) is 25.6 Å². The Morgan fingerprint density at radius 2 is 2.00 bits per heavy atom. The molecule has 5 heteroatoms. The summed E-state index contributed by atoms with van der Waals surface area (Å²) in [6.45, 7) is 2.05. The second-order valence-electron chi connectivity index (χ2n) is 5.18. The van der Waals surface area contributed by atoms with Crippen LogP contribution in [0.25, 0.3) is 0 Å². The fourth-order valence-corrected chi connectivity index (χ4v) is 2.54. The van der Waals surface area contributed by atoms with Gasteiger partial charge < -0.3 is 14.2 Å². The van der Waals surface area contributed by atoms with E-state index < -0.39 is 5.79 Å². The van der Waals surface area contributed by atoms with Crippen LogP contribution in [0.15, 0.2) is 42.6 Å². The van der Waals surface area contributed by atoms with Crippen LogP contribution >= 0.6 is 0 Å². The van der Waals surface area contributed by atoms with Crippen LogP contribution in [0.5, 0.6) is 0 Å². The smallest absolute Gasteiger partial charge is 0.414 e. The van der Waals surface area contributed by atoms with E-state index in [-0.39, 0.29) is 12.7 Å². The number of carbonyl (C=O) groups excluding carboxylic acids is 1. The average Bonchev–Trinajstić information content (AvgIpc) is 2.87. The van der Waals surface area contributed by atoms with Gasteiger partial charge in [-0.2, -0.15) is 0 Å². The predicted molar refractivity (Wildman–Crippen MR) is 76.3 cm³/mol. The highest BCUT2D eigenvalue weighted by Gasteiger charge is 2.37. The summed E-state index contributed by atoms with van der Waals surface area (Å²) in [5.74, 6) is -0.551. The number of ether oxygens (including phenoxy) is 3. The molecule has 21 heavy (non-hydrogen) atoms. The van der Waals surface area contributed by atoms with Gasteiger partial charge in [-0.15, -0.1) is 0 Å². The summed E-state index contributed by atoms with van der Waals surface area (Å²) in [5, 5.41) is 0. The minimum atomic E-state index is -0.551. The maximum absolute atomic E-state index is 12.1. The molecule has 5 nitrogen and oxygen atoms in total. The fourth-order valence-electron chi connectivity index (χ4n) is 2.54. The molecule has 0 radical (unpaired) electrons. The third kappa shape index (κ3) is 3.43. The average molecular weight is 289 g/mol. The Morgan fingerprint density at radius 3 is 2.76 bits per heavy atom. The lowest BCUT2D eigenvalue weighted by Crippen LogP contribution is -2.34. The number of benzene rings is 1. The largest absolute Gasteiger partial charge is 0.444 e. The Hall–Kier alpha value is -1.85. The number of hydrogen-bond donors (Lipinski definition) is 0. The summed E-state index contributed by atoms with van der Waals surface area (Å²) in [6, 6.07) is 9.65. The van der Waals surface area contributed by atoms with Crippen LogP contribution < -0.4 is 0 Å². The van der Waals surface area contributed by atoms with Gasteiger partial charge in [-0.3, -0.25) is 4.90 Å². The van der Waals surface area contributed by atoms with Gasteiger partial charge >= 0.3 is 6.09 Å². The molecule has 2 aliphatic rings. The van der Waals surface area contributed by atoms with Crippen molar-refractivity contribution in [3.8, 4) is 0 Å². The first-order chi connectivity index (χ1) is 10.3. The highest BCUT2D eigenvalue weighted by molar-refractivity contribution is 5.69. The van der Waals surface area contributed by atoms with Gasteiger partial charge in [-0.25, -0.2) is 4.79 Å². The van der Waals surface area contributed by atoms with Crippen LogP contribution in [0, 0.1) is 0 Å². The van der Waals surface area contributed by atoms with E-state index >= 15 is 0 Å². The molecule has 2 aliphatic heterocycles. The monoisotopic (exact) mass is 289 g/mol. The molecule has 1 aromatic carbocycles. The predicted octanol–water partition coefficient (Wildman–Crippen LogP) is 2.68. The molecule has 1 amide bonds. The van der Waals surface area contributed by atoms with Crippen molar-refractivity contribution < 1.29 is 19.0 Å². The first kappa shape index (κ1) is 14.1. The molecule has 0 bridgehead atoms. The Bertz CT molecular complexity index is 508. The zero-order chi connectivity index (χ0) is 14.5. The van der Waals surface area contributed by atoms with Crippen molar-refractivity contribution in [3.05, 3.63) is 48.2 Å². The number of rotatable bonds is 2.